The molecular weight excluding hydrogens is 617 g/mol. The van der Waals surface area contributed by atoms with Crippen LogP contribution in [-0.4, -0.2) is 20.4 Å². The van der Waals surface area contributed by atoms with Crippen LogP contribution in [0.3, 0.4) is 0 Å². The summed E-state index contributed by atoms with van der Waals surface area (Å²) in [6.07, 6.45) is 0. The fraction of sp³-hybridized carbons (Fsp3) is 0.478. The Morgan fingerprint density at radius 3 is 0.800 bits per heavy atom. The first kappa shape index (κ1) is 38.9. The van der Waals surface area contributed by atoms with Crippen molar-refractivity contribution in [3.05, 3.63) is 116 Å². The van der Waals surface area contributed by atoms with Gasteiger partial charge in [0.1, 0.15) is 23.0 Å². The molecule has 0 heterocycles. The monoisotopic (exact) mass is 678 g/mol. The number of phenols is 4. The van der Waals surface area contributed by atoms with Gasteiger partial charge in [-0.3, -0.25) is 0 Å². The molecule has 2 atom stereocenters. The van der Waals surface area contributed by atoms with Crippen LogP contribution in [0.5, 0.6) is 23.0 Å². The molecule has 2 unspecified atom stereocenters. The van der Waals surface area contributed by atoms with E-state index in [9.17, 15) is 20.4 Å². The molecule has 4 rings (SSSR count). The van der Waals surface area contributed by atoms with Gasteiger partial charge in [-0.25, -0.2) is 0 Å². The molecule has 0 aliphatic rings. The van der Waals surface area contributed by atoms with Gasteiger partial charge in [0.05, 0.1) is 0 Å². The lowest BCUT2D eigenvalue weighted by atomic mass is 9.76. The third-order valence-corrected chi connectivity index (χ3v) is 10.7. The summed E-state index contributed by atoms with van der Waals surface area (Å²) in [7, 11) is 0. The summed E-state index contributed by atoms with van der Waals surface area (Å²) in [5.41, 5.74) is 8.16. The quantitative estimate of drug-likeness (QED) is 0.164. The van der Waals surface area contributed by atoms with Gasteiger partial charge >= 0.3 is 0 Å². The van der Waals surface area contributed by atoms with Crippen molar-refractivity contribution in [1.82, 2.24) is 0 Å². The summed E-state index contributed by atoms with van der Waals surface area (Å²) in [6, 6.07) is 19.9. The molecule has 270 valence electrons. The molecule has 0 spiro atoms. The van der Waals surface area contributed by atoms with E-state index in [2.05, 4.69) is 119 Å². The minimum Gasteiger partial charge on any atom is -0.508 e. The van der Waals surface area contributed by atoms with Gasteiger partial charge in [-0.2, -0.15) is 0 Å². The number of benzene rings is 4. The van der Waals surface area contributed by atoms with Crippen molar-refractivity contribution >= 4 is 0 Å². The second-order valence-corrected chi connectivity index (χ2v) is 18.7. The zero-order valence-corrected chi connectivity index (χ0v) is 33.3. The van der Waals surface area contributed by atoms with Crippen LogP contribution in [0.2, 0.25) is 0 Å². The first-order valence-electron chi connectivity index (χ1n) is 18.1. The summed E-state index contributed by atoms with van der Waals surface area (Å²) in [4.78, 5) is 0. The third-order valence-electron chi connectivity index (χ3n) is 10.7. The molecule has 4 aromatic carbocycles. The second kappa shape index (κ2) is 13.3. The van der Waals surface area contributed by atoms with Crippen molar-refractivity contribution in [2.75, 3.05) is 0 Å². The van der Waals surface area contributed by atoms with Gasteiger partial charge in [0.2, 0.25) is 0 Å². The van der Waals surface area contributed by atoms with Gasteiger partial charge in [-0.1, -0.05) is 152 Å². The van der Waals surface area contributed by atoms with Gasteiger partial charge in [0.15, 0.2) is 0 Å². The molecule has 4 aromatic rings. The van der Waals surface area contributed by atoms with E-state index in [1.807, 2.05) is 32.9 Å². The smallest absolute Gasteiger partial charge is 0.123 e. The van der Waals surface area contributed by atoms with Crippen LogP contribution in [0.1, 0.15) is 177 Å². The van der Waals surface area contributed by atoms with Crippen LogP contribution in [0, 0.1) is 0 Å². The van der Waals surface area contributed by atoms with Gasteiger partial charge in [0.25, 0.3) is 0 Å². The third kappa shape index (κ3) is 7.85. The van der Waals surface area contributed by atoms with Crippen LogP contribution in [-0.2, 0) is 21.7 Å². The summed E-state index contributed by atoms with van der Waals surface area (Å²) in [6.45, 7) is 32.0. The van der Waals surface area contributed by atoms with Crippen LogP contribution in [0.25, 0.3) is 0 Å². The maximum Gasteiger partial charge on any atom is 0.123 e. The average molecular weight is 679 g/mol. The molecule has 0 saturated heterocycles. The molecule has 0 amide bonds. The van der Waals surface area contributed by atoms with Crippen molar-refractivity contribution in [2.45, 2.75) is 143 Å². The Labute approximate surface area is 302 Å². The fourth-order valence-corrected chi connectivity index (χ4v) is 6.78. The lowest BCUT2D eigenvalue weighted by Crippen LogP contribution is -2.16. The molecule has 0 saturated carbocycles. The van der Waals surface area contributed by atoms with Gasteiger partial charge in [0, 0.05) is 51.1 Å². The second-order valence-electron chi connectivity index (χ2n) is 18.7. The summed E-state index contributed by atoms with van der Waals surface area (Å²) < 4.78 is 0. The highest BCUT2D eigenvalue weighted by molar-refractivity contribution is 5.59. The van der Waals surface area contributed by atoms with Crippen molar-refractivity contribution in [2.24, 2.45) is 0 Å². The predicted octanol–water partition coefficient (Wildman–Crippen LogP) is 12.2. The predicted molar refractivity (Wildman–Crippen MR) is 210 cm³/mol. The lowest BCUT2D eigenvalue weighted by Gasteiger charge is -2.30. The Morgan fingerprint density at radius 2 is 0.560 bits per heavy atom. The highest BCUT2D eigenvalue weighted by atomic mass is 16.3. The van der Waals surface area contributed by atoms with E-state index >= 15 is 0 Å². The molecule has 50 heavy (non-hydrogen) atoms. The minimum absolute atomic E-state index is 0.105. The normalized spacial score (nSPS) is 14.8. The van der Waals surface area contributed by atoms with Crippen molar-refractivity contribution < 1.29 is 20.4 Å². The molecule has 0 fully saturated rings. The van der Waals surface area contributed by atoms with Crippen molar-refractivity contribution in [1.29, 1.82) is 0 Å². The van der Waals surface area contributed by atoms with E-state index in [4.69, 9.17) is 0 Å². The summed E-state index contributed by atoms with van der Waals surface area (Å²) >= 11 is 0. The number of hydrogen-bond acceptors (Lipinski definition) is 4. The number of rotatable bonds is 6. The van der Waals surface area contributed by atoms with Crippen molar-refractivity contribution in [3.63, 3.8) is 0 Å². The van der Waals surface area contributed by atoms with E-state index in [1.54, 1.807) is 12.1 Å². The largest absolute Gasteiger partial charge is 0.508 e. The van der Waals surface area contributed by atoms with E-state index in [0.29, 0.717) is 0 Å². The summed E-state index contributed by atoms with van der Waals surface area (Å²) in [5, 5.41) is 46.5. The number of aromatic hydroxyl groups is 4. The highest BCUT2D eigenvalue weighted by Crippen LogP contribution is 2.48. The van der Waals surface area contributed by atoms with E-state index in [0.717, 1.165) is 55.6 Å². The number of phenolic OH excluding ortho intramolecular Hbond substituents is 4. The zero-order chi connectivity index (χ0) is 37.9. The Bertz CT molecular complexity index is 1730. The zero-order valence-electron chi connectivity index (χ0n) is 33.3. The first-order valence-corrected chi connectivity index (χ1v) is 18.1. The molecule has 4 nitrogen and oxygen atoms in total. The molecule has 0 radical (unpaired) electrons. The SMILES string of the molecule is CC(c1cc(C(C)(C)C)ccc1O)c1cc(C(C)(C)C)cc(C(C)c2cc(C(C)(C)C)cc(C(C)c3cc(C(C)(C)C)ccc3O)c2O)c1O. The van der Waals surface area contributed by atoms with Crippen LogP contribution >= 0.6 is 0 Å². The Morgan fingerprint density at radius 1 is 0.340 bits per heavy atom. The maximum atomic E-state index is 12.2. The van der Waals surface area contributed by atoms with Crippen LogP contribution < -0.4 is 0 Å². The van der Waals surface area contributed by atoms with E-state index in [1.165, 1.54) is 0 Å². The summed E-state index contributed by atoms with van der Waals surface area (Å²) in [5.74, 6) is -0.224. The standard InChI is InChI=1S/C46H62O4/c1-26(33-20-29(43(4,5)6)16-18-39(33)47)35-22-31(45(10,11)12)24-37(41(35)49)28(3)38-25-32(46(13,14)15)23-36(42(38)50)27(2)34-21-30(44(7,8)9)17-19-40(34)48/h16-28,47-50H,1-15H3. The van der Waals surface area contributed by atoms with E-state index < -0.39 is 0 Å². The Balaban J connectivity index is 1.97. The topological polar surface area (TPSA) is 80.9 Å². The average Bonchev–Trinajstić information content (AvgIpc) is 2.98. The molecular formula is C46H62O4. The molecule has 0 aromatic heterocycles. The maximum absolute atomic E-state index is 12.2. The molecule has 0 bridgehead atoms. The van der Waals surface area contributed by atoms with Gasteiger partial charge in [-0.05, 0) is 56.0 Å². The van der Waals surface area contributed by atoms with E-state index in [-0.39, 0.29) is 62.4 Å². The van der Waals surface area contributed by atoms with Gasteiger partial charge < -0.3 is 20.4 Å². The molecule has 0 aliphatic heterocycles. The molecule has 4 N–H and O–H groups in total. The Kier molecular flexibility index (Phi) is 10.4. The van der Waals surface area contributed by atoms with Gasteiger partial charge in [-0.15, -0.1) is 0 Å². The minimum atomic E-state index is -0.375. The number of hydrogen-bond donors (Lipinski definition) is 4. The lowest BCUT2D eigenvalue weighted by molar-refractivity contribution is 0.442. The molecule has 4 heteroatoms. The Hall–Kier alpha value is -3.92. The first-order chi connectivity index (χ1) is 22.7. The molecule has 0 aliphatic carbocycles. The highest BCUT2D eigenvalue weighted by Gasteiger charge is 2.31. The van der Waals surface area contributed by atoms with Crippen molar-refractivity contribution in [3.8, 4) is 23.0 Å². The van der Waals surface area contributed by atoms with Crippen LogP contribution in [0.4, 0.5) is 0 Å². The van der Waals surface area contributed by atoms with Crippen LogP contribution in [0.15, 0.2) is 60.7 Å². The fourth-order valence-electron chi connectivity index (χ4n) is 6.78.